The maximum Gasteiger partial charge on any atom is 0.431 e. The summed E-state index contributed by atoms with van der Waals surface area (Å²) in [7, 11) is 1.90. The van der Waals surface area contributed by atoms with Crippen molar-refractivity contribution in [1.29, 1.82) is 0 Å². The molecule has 2 aromatic carbocycles. The van der Waals surface area contributed by atoms with E-state index in [0.29, 0.717) is 55.1 Å². The van der Waals surface area contributed by atoms with Crippen LogP contribution in [0.2, 0.25) is 0 Å². The van der Waals surface area contributed by atoms with Crippen molar-refractivity contribution in [2.45, 2.75) is 19.8 Å². The van der Waals surface area contributed by atoms with E-state index in [2.05, 4.69) is 15.6 Å². The van der Waals surface area contributed by atoms with E-state index < -0.39 is 6.09 Å². The molecule has 0 spiro atoms. The van der Waals surface area contributed by atoms with Crippen LogP contribution < -0.4 is 15.4 Å². The largest absolute Gasteiger partial charge is 0.457 e. The molecule has 0 unspecified atom stereocenters. The van der Waals surface area contributed by atoms with Crippen LogP contribution in [0.1, 0.15) is 25.3 Å². The third kappa shape index (κ3) is 5.84. The molecular formula is C27H29FN6O4. The van der Waals surface area contributed by atoms with Gasteiger partial charge in [-0.15, -0.1) is 5.06 Å². The molecule has 4 aromatic rings. The zero-order valence-electron chi connectivity index (χ0n) is 21.4. The van der Waals surface area contributed by atoms with Crippen molar-refractivity contribution in [3.05, 3.63) is 66.1 Å². The Balaban J connectivity index is 1.28. The summed E-state index contributed by atoms with van der Waals surface area (Å²) in [6.07, 6.45) is 0.905. The average molecular weight is 521 g/mol. The predicted molar refractivity (Wildman–Crippen MR) is 141 cm³/mol. The number of ether oxygens (including phenoxy) is 2. The summed E-state index contributed by atoms with van der Waals surface area (Å²) in [5, 5.41) is 7.44. The molecule has 198 valence electrons. The van der Waals surface area contributed by atoms with Gasteiger partial charge in [0.1, 0.15) is 23.1 Å². The van der Waals surface area contributed by atoms with E-state index in [1.807, 2.05) is 43.7 Å². The number of nitrogens with one attached hydrogen (secondary N) is 2. The topological polar surface area (TPSA) is 103 Å². The molecule has 0 bridgehead atoms. The molecule has 0 aliphatic carbocycles. The molecule has 1 amide bonds. The minimum Gasteiger partial charge on any atom is -0.457 e. The van der Waals surface area contributed by atoms with Crippen molar-refractivity contribution in [2.24, 2.45) is 7.05 Å². The number of imidazole rings is 1. The van der Waals surface area contributed by atoms with Crippen LogP contribution in [0, 0.1) is 5.82 Å². The molecule has 2 aromatic heterocycles. The molecule has 1 aliphatic heterocycles. The van der Waals surface area contributed by atoms with Crippen LogP contribution in [0.4, 0.5) is 26.6 Å². The first-order valence-corrected chi connectivity index (χ1v) is 12.3. The van der Waals surface area contributed by atoms with Crippen LogP contribution in [-0.4, -0.2) is 52.0 Å². The molecule has 1 fully saturated rings. The Morgan fingerprint density at radius 2 is 1.87 bits per heavy atom. The van der Waals surface area contributed by atoms with E-state index in [4.69, 9.17) is 19.3 Å². The van der Waals surface area contributed by atoms with E-state index in [-0.39, 0.29) is 11.7 Å². The number of pyridine rings is 1. The monoisotopic (exact) mass is 520 g/mol. The van der Waals surface area contributed by atoms with Crippen LogP contribution >= 0.6 is 0 Å². The Hall–Kier alpha value is -4.22. The van der Waals surface area contributed by atoms with Crippen molar-refractivity contribution in [2.75, 3.05) is 36.9 Å². The van der Waals surface area contributed by atoms with Gasteiger partial charge in [-0.3, -0.25) is 5.32 Å². The van der Waals surface area contributed by atoms with Gasteiger partial charge in [0.15, 0.2) is 0 Å². The van der Waals surface area contributed by atoms with E-state index in [1.165, 1.54) is 12.3 Å². The number of benzene rings is 2. The van der Waals surface area contributed by atoms with E-state index >= 15 is 0 Å². The number of aromatic nitrogens is 3. The fraction of sp³-hybridized carbons (Fsp3) is 0.296. The third-order valence-electron chi connectivity index (χ3n) is 6.11. The molecule has 0 radical (unpaired) electrons. The lowest BCUT2D eigenvalue weighted by Crippen LogP contribution is -2.39. The van der Waals surface area contributed by atoms with Gasteiger partial charge in [-0.1, -0.05) is 13.8 Å². The summed E-state index contributed by atoms with van der Waals surface area (Å²) in [5.74, 6) is 1.82. The number of nitrogens with zero attached hydrogens (tertiary/aromatic N) is 4. The van der Waals surface area contributed by atoms with Crippen molar-refractivity contribution < 1.29 is 23.5 Å². The fourth-order valence-corrected chi connectivity index (χ4v) is 4.11. The van der Waals surface area contributed by atoms with Crippen molar-refractivity contribution in [3.8, 4) is 11.5 Å². The lowest BCUT2D eigenvalue weighted by Gasteiger charge is -2.24. The van der Waals surface area contributed by atoms with E-state index in [0.717, 1.165) is 16.7 Å². The Labute approximate surface area is 219 Å². The Morgan fingerprint density at radius 1 is 1.08 bits per heavy atom. The molecule has 2 N–H and O–H groups in total. The van der Waals surface area contributed by atoms with Gasteiger partial charge in [0.2, 0.25) is 5.95 Å². The van der Waals surface area contributed by atoms with Crippen molar-refractivity contribution >= 4 is 34.6 Å². The van der Waals surface area contributed by atoms with Gasteiger partial charge >= 0.3 is 6.09 Å². The Morgan fingerprint density at radius 3 is 2.66 bits per heavy atom. The summed E-state index contributed by atoms with van der Waals surface area (Å²) >= 11 is 0. The third-order valence-corrected chi connectivity index (χ3v) is 6.11. The molecule has 11 heteroatoms. The second kappa shape index (κ2) is 11.0. The molecule has 1 aliphatic rings. The number of rotatable bonds is 7. The van der Waals surface area contributed by atoms with Crippen LogP contribution in [0.25, 0.3) is 11.0 Å². The minimum atomic E-state index is -0.631. The number of carbonyl (C=O) groups excluding carboxylic acids is 1. The summed E-state index contributed by atoms with van der Waals surface area (Å²) in [6.45, 7) is 5.96. The van der Waals surface area contributed by atoms with Crippen LogP contribution in [0.15, 0.2) is 54.7 Å². The minimum absolute atomic E-state index is 0.0659. The summed E-state index contributed by atoms with van der Waals surface area (Å²) in [4.78, 5) is 26.3. The first-order valence-electron chi connectivity index (χ1n) is 12.3. The molecule has 38 heavy (non-hydrogen) atoms. The number of hydrogen-bond acceptors (Lipinski definition) is 8. The summed E-state index contributed by atoms with van der Waals surface area (Å²) in [5.41, 5.74) is 3.02. The number of anilines is 3. The van der Waals surface area contributed by atoms with E-state index in [9.17, 15) is 9.18 Å². The number of fused-ring (bicyclic) bond motifs is 1. The number of hydrogen-bond donors (Lipinski definition) is 2. The Kier molecular flexibility index (Phi) is 7.38. The zero-order valence-corrected chi connectivity index (χ0v) is 21.4. The second-order valence-electron chi connectivity index (χ2n) is 9.18. The molecule has 3 heterocycles. The number of carbonyl (C=O) groups is 1. The van der Waals surface area contributed by atoms with E-state index in [1.54, 1.807) is 29.3 Å². The van der Waals surface area contributed by atoms with Gasteiger partial charge in [0, 0.05) is 31.1 Å². The Bertz CT molecular complexity index is 1450. The quantitative estimate of drug-likeness (QED) is 0.326. The first-order chi connectivity index (χ1) is 18.4. The predicted octanol–water partition coefficient (Wildman–Crippen LogP) is 5.56. The normalized spacial score (nSPS) is 14.0. The lowest BCUT2D eigenvalue weighted by atomic mass is 10.0. The summed E-state index contributed by atoms with van der Waals surface area (Å²) in [6, 6.07) is 13.8. The molecule has 10 nitrogen and oxygen atoms in total. The van der Waals surface area contributed by atoms with Crippen molar-refractivity contribution in [3.63, 3.8) is 0 Å². The molecule has 0 atom stereocenters. The summed E-state index contributed by atoms with van der Waals surface area (Å²) < 4.78 is 27.3. The molecule has 0 saturated carbocycles. The van der Waals surface area contributed by atoms with Crippen LogP contribution in [0.5, 0.6) is 11.5 Å². The second-order valence-corrected chi connectivity index (χ2v) is 9.18. The smallest absolute Gasteiger partial charge is 0.431 e. The van der Waals surface area contributed by atoms with Gasteiger partial charge < -0.3 is 24.2 Å². The van der Waals surface area contributed by atoms with Gasteiger partial charge in [0.25, 0.3) is 0 Å². The van der Waals surface area contributed by atoms with Gasteiger partial charge in [-0.05, 0) is 47.9 Å². The average Bonchev–Trinajstić information content (AvgIpc) is 3.20. The highest BCUT2D eigenvalue weighted by Crippen LogP contribution is 2.30. The van der Waals surface area contributed by atoms with Gasteiger partial charge in [-0.2, -0.15) is 0 Å². The molecule has 1 saturated heterocycles. The van der Waals surface area contributed by atoms with Gasteiger partial charge in [-0.25, -0.2) is 19.2 Å². The zero-order chi connectivity index (χ0) is 26.6. The molecule has 5 rings (SSSR count). The van der Waals surface area contributed by atoms with Crippen LogP contribution in [0.3, 0.4) is 0 Å². The fourth-order valence-electron chi connectivity index (χ4n) is 4.11. The molecular weight excluding hydrogens is 491 g/mol. The maximum absolute atomic E-state index is 14.1. The number of aryl methyl sites for hydroxylation is 1. The SMILES string of the molecule is CC(C)c1cc(Nc2nc3cc(Oc4ccnc(NC(=O)ON5CCOCC5)c4)ccc3n2C)ccc1F. The number of amides is 1. The highest BCUT2D eigenvalue weighted by molar-refractivity contribution is 5.83. The highest BCUT2D eigenvalue weighted by atomic mass is 19.1. The standard InChI is InChI=1S/C27H29FN6O4/c1-17(2)21-14-18(4-6-22(21)28)30-26-31-23-15-19(5-7-24(23)33(26)3)37-20-8-9-29-25(16-20)32-27(35)38-34-10-12-36-13-11-34/h4-9,14-17H,10-13H2,1-3H3,(H,30,31)(H,29,32,35). The van der Waals surface area contributed by atoms with Crippen LogP contribution in [-0.2, 0) is 16.6 Å². The van der Waals surface area contributed by atoms with Crippen molar-refractivity contribution in [1.82, 2.24) is 19.6 Å². The lowest BCUT2D eigenvalue weighted by molar-refractivity contribution is -0.142. The first kappa shape index (κ1) is 25.4. The number of morpholine rings is 1. The highest BCUT2D eigenvalue weighted by Gasteiger charge is 2.16. The number of hydroxylamine groups is 2. The maximum atomic E-state index is 14.1. The van der Waals surface area contributed by atoms with Gasteiger partial charge in [0.05, 0.1) is 37.3 Å². The number of halogens is 1.